The first kappa shape index (κ1) is 16.0. The van der Waals surface area contributed by atoms with Gasteiger partial charge < -0.3 is 25.0 Å². The predicted octanol–water partition coefficient (Wildman–Crippen LogP) is 0.669. The van der Waals surface area contributed by atoms with Crippen molar-refractivity contribution in [1.82, 2.24) is 0 Å². The van der Waals surface area contributed by atoms with Crippen LogP contribution in [0.4, 0.5) is 0 Å². The van der Waals surface area contributed by atoms with Gasteiger partial charge in [-0.2, -0.15) is 0 Å². The van der Waals surface area contributed by atoms with Crippen LogP contribution in [0.1, 0.15) is 27.7 Å². The van der Waals surface area contributed by atoms with E-state index in [1.807, 2.05) is 0 Å². The Bertz CT molecular complexity index is 238. The molecular weight excluding hydrogens is 233 g/mol. The number of hydrogen-bond acceptors (Lipinski definition) is 6. The molecule has 0 aromatic rings. The number of nitrogens with two attached hydrogens (primary N) is 1. The summed E-state index contributed by atoms with van der Waals surface area (Å²) in [5, 5.41) is 17.4. The highest BCUT2D eigenvalue weighted by Crippen LogP contribution is 2.60. The lowest BCUT2D eigenvalue weighted by molar-refractivity contribution is 0.0293. The van der Waals surface area contributed by atoms with Gasteiger partial charge in [-0.15, -0.1) is 0 Å². The molecule has 0 fully saturated rings. The van der Waals surface area contributed by atoms with Crippen LogP contribution in [0.15, 0.2) is 0 Å². The molecule has 6 nitrogen and oxygen atoms in total. The van der Waals surface area contributed by atoms with Crippen LogP contribution in [-0.4, -0.2) is 40.9 Å². The van der Waals surface area contributed by atoms with Crippen molar-refractivity contribution < 1.29 is 23.8 Å². The zero-order valence-corrected chi connectivity index (χ0v) is 11.1. The Morgan fingerprint density at radius 3 is 1.69 bits per heavy atom. The van der Waals surface area contributed by atoms with E-state index in [1.54, 1.807) is 13.8 Å². The predicted molar refractivity (Wildman–Crippen MR) is 61.1 cm³/mol. The first-order valence-electron chi connectivity index (χ1n) is 5.30. The average Bonchev–Trinajstić information content (AvgIpc) is 2.16. The second-order valence-corrected chi connectivity index (χ2v) is 5.86. The van der Waals surface area contributed by atoms with Gasteiger partial charge >= 0.3 is 7.60 Å². The van der Waals surface area contributed by atoms with Gasteiger partial charge in [0.15, 0.2) is 5.28 Å². The highest BCUT2D eigenvalue weighted by Gasteiger charge is 2.55. The Kier molecular flexibility index (Phi) is 6.11. The van der Waals surface area contributed by atoms with E-state index in [4.69, 9.17) is 14.8 Å². The van der Waals surface area contributed by atoms with Gasteiger partial charge in [-0.3, -0.25) is 4.57 Å². The minimum Gasteiger partial charge on any atom is -0.391 e. The number of hydrogen-bond donors (Lipinski definition) is 3. The molecule has 4 N–H and O–H groups in total. The molecule has 7 heteroatoms. The number of aliphatic hydroxyl groups excluding tert-OH is 2. The summed E-state index contributed by atoms with van der Waals surface area (Å²) in [7, 11) is -3.78. The van der Waals surface area contributed by atoms with Crippen molar-refractivity contribution in [3.05, 3.63) is 0 Å². The number of rotatable bonds is 7. The minimum atomic E-state index is -3.78. The van der Waals surface area contributed by atoms with Crippen LogP contribution >= 0.6 is 7.60 Å². The Morgan fingerprint density at radius 1 is 1.19 bits per heavy atom. The second-order valence-electron chi connectivity index (χ2n) is 3.57. The molecule has 0 aliphatic heterocycles. The van der Waals surface area contributed by atoms with Crippen molar-refractivity contribution in [3.63, 3.8) is 0 Å². The van der Waals surface area contributed by atoms with Crippen molar-refractivity contribution in [2.45, 2.75) is 45.2 Å². The fourth-order valence-electron chi connectivity index (χ4n) is 1.41. The van der Waals surface area contributed by atoms with Gasteiger partial charge in [-0.1, -0.05) is 0 Å². The quantitative estimate of drug-likeness (QED) is 0.578. The van der Waals surface area contributed by atoms with E-state index < -0.39 is 25.1 Å². The van der Waals surface area contributed by atoms with E-state index in [0.717, 1.165) is 0 Å². The topological polar surface area (TPSA) is 102 Å². The summed E-state index contributed by atoms with van der Waals surface area (Å²) >= 11 is 0. The third-order valence-corrected chi connectivity index (χ3v) is 5.30. The Hall–Kier alpha value is 0.0300. The largest absolute Gasteiger partial charge is 0.391 e. The zero-order chi connectivity index (χ0) is 13.0. The Labute approximate surface area is 96.3 Å². The summed E-state index contributed by atoms with van der Waals surface area (Å²) in [5.41, 5.74) is 5.82. The maximum atomic E-state index is 12.4. The Morgan fingerprint density at radius 2 is 1.50 bits per heavy atom. The molecule has 0 aliphatic rings. The van der Waals surface area contributed by atoms with Crippen LogP contribution in [0.25, 0.3) is 0 Å². The molecule has 0 spiro atoms. The first-order chi connectivity index (χ1) is 7.26. The van der Waals surface area contributed by atoms with Gasteiger partial charge in [0, 0.05) is 0 Å². The molecule has 0 radical (unpaired) electrons. The first-order valence-corrected chi connectivity index (χ1v) is 6.84. The molecule has 0 rings (SSSR count). The SMILES string of the molecule is CCOP(=O)(OCC)C(N)(C(C)O)C(C)O. The summed E-state index contributed by atoms with van der Waals surface area (Å²) < 4.78 is 22.5. The lowest BCUT2D eigenvalue weighted by Crippen LogP contribution is -2.57. The second kappa shape index (κ2) is 6.10. The molecule has 0 aromatic carbocycles. The van der Waals surface area contributed by atoms with Gasteiger partial charge in [-0.25, -0.2) is 0 Å². The summed E-state index contributed by atoms with van der Waals surface area (Å²) in [5.74, 6) is 0. The van der Waals surface area contributed by atoms with Crippen LogP contribution in [0, 0.1) is 0 Å². The van der Waals surface area contributed by atoms with Crippen LogP contribution in [0.3, 0.4) is 0 Å². The summed E-state index contributed by atoms with van der Waals surface area (Å²) in [4.78, 5) is 0. The summed E-state index contributed by atoms with van der Waals surface area (Å²) in [6.07, 6.45) is -2.45. The zero-order valence-electron chi connectivity index (χ0n) is 10.2. The number of aliphatic hydroxyl groups is 2. The normalized spacial score (nSPS) is 20.2. The van der Waals surface area contributed by atoms with Crippen LogP contribution in [0.2, 0.25) is 0 Å². The van der Waals surface area contributed by atoms with Gasteiger partial charge in [-0.05, 0) is 27.7 Å². The standard InChI is InChI=1S/C9H22NO5P/c1-5-14-16(13,15-6-2)9(10,7(3)11)8(4)12/h7-8,11-12H,5-6,10H2,1-4H3. The summed E-state index contributed by atoms with van der Waals surface area (Å²) in [6, 6.07) is 0. The van der Waals surface area contributed by atoms with Crippen LogP contribution in [0.5, 0.6) is 0 Å². The third-order valence-electron chi connectivity index (χ3n) is 2.41. The Balaban J connectivity index is 5.35. The summed E-state index contributed by atoms with van der Waals surface area (Å²) in [6.45, 7) is 6.20. The van der Waals surface area contributed by atoms with E-state index in [-0.39, 0.29) is 13.2 Å². The van der Waals surface area contributed by atoms with Crippen molar-refractivity contribution in [2.24, 2.45) is 5.73 Å². The maximum Gasteiger partial charge on any atom is 0.355 e. The highest BCUT2D eigenvalue weighted by atomic mass is 31.2. The lowest BCUT2D eigenvalue weighted by atomic mass is 10.1. The lowest BCUT2D eigenvalue weighted by Gasteiger charge is -2.39. The average molecular weight is 255 g/mol. The molecule has 0 saturated heterocycles. The van der Waals surface area contributed by atoms with Crippen molar-refractivity contribution in [3.8, 4) is 0 Å². The fraction of sp³-hybridized carbons (Fsp3) is 1.00. The fourth-order valence-corrected chi connectivity index (χ4v) is 3.52. The van der Waals surface area contributed by atoms with E-state index in [2.05, 4.69) is 0 Å². The van der Waals surface area contributed by atoms with Crippen molar-refractivity contribution >= 4 is 7.60 Å². The molecule has 2 unspecified atom stereocenters. The van der Waals surface area contributed by atoms with Crippen molar-refractivity contribution in [2.75, 3.05) is 13.2 Å². The molecule has 0 bridgehead atoms. The maximum absolute atomic E-state index is 12.4. The minimum absolute atomic E-state index is 0.121. The molecule has 0 amide bonds. The molecule has 2 atom stereocenters. The molecule has 0 aromatic heterocycles. The van der Waals surface area contributed by atoms with Crippen LogP contribution in [-0.2, 0) is 13.6 Å². The van der Waals surface area contributed by atoms with Crippen LogP contribution < -0.4 is 5.73 Å². The molecule has 0 heterocycles. The van der Waals surface area contributed by atoms with Gasteiger partial charge in [0.05, 0.1) is 25.4 Å². The van der Waals surface area contributed by atoms with Gasteiger partial charge in [0.25, 0.3) is 0 Å². The van der Waals surface area contributed by atoms with E-state index >= 15 is 0 Å². The van der Waals surface area contributed by atoms with Gasteiger partial charge in [0.2, 0.25) is 0 Å². The smallest absolute Gasteiger partial charge is 0.355 e. The molecule has 16 heavy (non-hydrogen) atoms. The van der Waals surface area contributed by atoms with E-state index in [1.165, 1.54) is 13.8 Å². The van der Waals surface area contributed by atoms with E-state index in [9.17, 15) is 14.8 Å². The monoisotopic (exact) mass is 255 g/mol. The van der Waals surface area contributed by atoms with E-state index in [0.29, 0.717) is 0 Å². The molecular formula is C9H22NO5P. The highest BCUT2D eigenvalue weighted by molar-refractivity contribution is 7.55. The van der Waals surface area contributed by atoms with Crippen molar-refractivity contribution in [1.29, 1.82) is 0 Å². The molecule has 98 valence electrons. The molecule has 0 aliphatic carbocycles. The third kappa shape index (κ3) is 2.83. The molecule has 0 saturated carbocycles. The van der Waals surface area contributed by atoms with Gasteiger partial charge in [0.1, 0.15) is 0 Å².